The van der Waals surface area contributed by atoms with Crippen molar-refractivity contribution in [3.8, 4) is 0 Å². The second-order valence-electron chi connectivity index (χ2n) is 4.41. The zero-order chi connectivity index (χ0) is 13.8. The van der Waals surface area contributed by atoms with E-state index in [1.807, 2.05) is 20.2 Å². The number of nitrogens with one attached hydrogen (secondary N) is 1. The quantitative estimate of drug-likeness (QED) is 0.847. The van der Waals surface area contributed by atoms with E-state index in [0.29, 0.717) is 5.15 Å². The van der Waals surface area contributed by atoms with Crippen LogP contribution in [0.1, 0.15) is 5.56 Å². The maximum atomic E-state index is 5.85. The van der Waals surface area contributed by atoms with Crippen molar-refractivity contribution in [2.45, 2.75) is 6.54 Å². The van der Waals surface area contributed by atoms with Crippen molar-refractivity contribution in [3.63, 3.8) is 0 Å². The molecule has 1 heterocycles. The average Bonchev–Trinajstić information content (AvgIpc) is 2.40. The van der Waals surface area contributed by atoms with E-state index in [-0.39, 0.29) is 0 Å². The Morgan fingerprint density at radius 3 is 2.53 bits per heavy atom. The molecule has 2 aromatic rings. The smallest absolute Gasteiger partial charge is 0.143 e. The molecule has 0 saturated carbocycles. The van der Waals surface area contributed by atoms with Gasteiger partial charge in [-0.25, -0.2) is 4.98 Å². The molecule has 1 aromatic heterocycles. The van der Waals surface area contributed by atoms with Crippen LogP contribution in [0.3, 0.4) is 0 Å². The van der Waals surface area contributed by atoms with Gasteiger partial charge >= 0.3 is 0 Å². The van der Waals surface area contributed by atoms with Crippen LogP contribution in [0.4, 0.5) is 11.4 Å². The van der Waals surface area contributed by atoms with E-state index in [1.54, 1.807) is 6.20 Å². The third-order valence-corrected chi connectivity index (χ3v) is 3.88. The van der Waals surface area contributed by atoms with Crippen molar-refractivity contribution >= 4 is 38.9 Å². The fourth-order valence-electron chi connectivity index (χ4n) is 1.63. The molecule has 1 aromatic carbocycles. The molecule has 0 radical (unpaired) electrons. The highest BCUT2D eigenvalue weighted by Gasteiger charge is 2.01. The van der Waals surface area contributed by atoms with E-state index in [4.69, 9.17) is 11.6 Å². The predicted molar refractivity (Wildman–Crippen MR) is 85.0 cm³/mol. The molecule has 0 amide bonds. The fraction of sp³-hybridized carbons (Fsp3) is 0.214. The van der Waals surface area contributed by atoms with Gasteiger partial charge in [0.15, 0.2) is 0 Å². The number of pyridine rings is 1. The lowest BCUT2D eigenvalue weighted by atomic mass is 10.2. The number of halogens is 2. The van der Waals surface area contributed by atoms with Gasteiger partial charge in [-0.3, -0.25) is 0 Å². The van der Waals surface area contributed by atoms with Crippen molar-refractivity contribution in [1.29, 1.82) is 0 Å². The number of nitrogens with zero attached hydrogens (tertiary/aromatic N) is 2. The van der Waals surface area contributed by atoms with Gasteiger partial charge in [-0.1, -0.05) is 23.7 Å². The number of anilines is 2. The number of hydrogen-bond acceptors (Lipinski definition) is 3. The largest absolute Gasteiger partial charge is 0.380 e. The molecule has 5 heteroatoms. The van der Waals surface area contributed by atoms with E-state index in [9.17, 15) is 0 Å². The molecule has 0 saturated heterocycles. The summed E-state index contributed by atoms with van der Waals surface area (Å²) in [7, 11) is 4.06. The lowest BCUT2D eigenvalue weighted by molar-refractivity contribution is 1.11. The molecule has 0 unspecified atom stereocenters. The van der Waals surface area contributed by atoms with Crippen LogP contribution in [-0.4, -0.2) is 19.1 Å². The number of benzene rings is 1. The maximum Gasteiger partial charge on any atom is 0.143 e. The van der Waals surface area contributed by atoms with E-state index in [0.717, 1.165) is 16.7 Å². The van der Waals surface area contributed by atoms with Gasteiger partial charge in [-0.05, 0) is 39.7 Å². The lowest BCUT2D eigenvalue weighted by Crippen LogP contribution is -2.08. The zero-order valence-electron chi connectivity index (χ0n) is 10.8. The highest BCUT2D eigenvalue weighted by molar-refractivity contribution is 9.10. The first kappa shape index (κ1) is 14.2. The molecule has 0 spiro atoms. The summed E-state index contributed by atoms with van der Waals surface area (Å²) in [4.78, 5) is 6.16. The monoisotopic (exact) mass is 339 g/mol. The minimum Gasteiger partial charge on any atom is -0.380 e. The van der Waals surface area contributed by atoms with E-state index < -0.39 is 0 Å². The Kier molecular flexibility index (Phi) is 4.66. The topological polar surface area (TPSA) is 28.2 Å². The summed E-state index contributed by atoms with van der Waals surface area (Å²) in [6.07, 6.45) is 1.72. The molecule has 100 valence electrons. The lowest BCUT2D eigenvalue weighted by Gasteiger charge is -2.13. The third kappa shape index (κ3) is 3.85. The van der Waals surface area contributed by atoms with Crippen LogP contribution in [0, 0.1) is 0 Å². The van der Waals surface area contributed by atoms with Crippen LogP contribution in [0.15, 0.2) is 41.0 Å². The third-order valence-electron chi connectivity index (χ3n) is 2.75. The normalized spacial score (nSPS) is 10.3. The molecule has 1 N–H and O–H groups in total. The van der Waals surface area contributed by atoms with E-state index in [2.05, 4.69) is 55.4 Å². The zero-order valence-corrected chi connectivity index (χ0v) is 13.2. The van der Waals surface area contributed by atoms with Crippen LogP contribution < -0.4 is 10.2 Å². The number of rotatable bonds is 4. The second-order valence-corrected chi connectivity index (χ2v) is 5.62. The molecule has 0 atom stereocenters. The fourth-order valence-corrected chi connectivity index (χ4v) is 2.09. The van der Waals surface area contributed by atoms with Crippen LogP contribution in [0.2, 0.25) is 5.15 Å². The Morgan fingerprint density at radius 1 is 1.26 bits per heavy atom. The van der Waals surface area contributed by atoms with Gasteiger partial charge in [0, 0.05) is 26.3 Å². The summed E-state index contributed by atoms with van der Waals surface area (Å²) in [5.41, 5.74) is 3.35. The van der Waals surface area contributed by atoms with Gasteiger partial charge in [0.05, 0.1) is 16.4 Å². The van der Waals surface area contributed by atoms with Gasteiger partial charge in [-0.2, -0.15) is 0 Å². The van der Waals surface area contributed by atoms with Crippen LogP contribution >= 0.6 is 27.5 Å². The molecule has 2 rings (SSSR count). The first-order chi connectivity index (χ1) is 9.06. The predicted octanol–water partition coefficient (Wildman–Crippen LogP) is 4.18. The summed E-state index contributed by atoms with van der Waals surface area (Å²) in [6.45, 7) is 0.753. The Balaban J connectivity index is 2.00. The second kappa shape index (κ2) is 6.26. The van der Waals surface area contributed by atoms with Gasteiger partial charge in [0.2, 0.25) is 0 Å². The number of aromatic nitrogens is 1. The summed E-state index contributed by atoms with van der Waals surface area (Å²) >= 11 is 9.21. The highest BCUT2D eigenvalue weighted by Crippen LogP contribution is 2.23. The highest BCUT2D eigenvalue weighted by atomic mass is 79.9. The van der Waals surface area contributed by atoms with Crippen molar-refractivity contribution in [3.05, 3.63) is 51.7 Å². The molecule has 0 fully saturated rings. The van der Waals surface area contributed by atoms with Crippen molar-refractivity contribution in [2.24, 2.45) is 0 Å². The van der Waals surface area contributed by atoms with Gasteiger partial charge in [-0.15, -0.1) is 0 Å². The molecule has 19 heavy (non-hydrogen) atoms. The minimum absolute atomic E-state index is 0.473. The molecule has 0 aliphatic rings. The average molecular weight is 341 g/mol. The van der Waals surface area contributed by atoms with E-state index in [1.165, 1.54) is 11.3 Å². The summed E-state index contributed by atoms with van der Waals surface area (Å²) in [5, 5.41) is 3.79. The minimum atomic E-state index is 0.473. The van der Waals surface area contributed by atoms with Crippen molar-refractivity contribution in [1.82, 2.24) is 4.98 Å². The first-order valence-electron chi connectivity index (χ1n) is 5.87. The first-order valence-corrected chi connectivity index (χ1v) is 7.04. The number of hydrogen-bond donors (Lipinski definition) is 1. The van der Waals surface area contributed by atoms with Crippen LogP contribution in [0.5, 0.6) is 0 Å². The molecule has 3 nitrogen and oxygen atoms in total. The van der Waals surface area contributed by atoms with Gasteiger partial charge in [0.1, 0.15) is 5.15 Å². The molecule has 0 aliphatic heterocycles. The van der Waals surface area contributed by atoms with Crippen LogP contribution in [0.25, 0.3) is 0 Å². The van der Waals surface area contributed by atoms with Gasteiger partial charge in [0.25, 0.3) is 0 Å². The summed E-state index contributed by atoms with van der Waals surface area (Å²) < 4.78 is 0.794. The Hall–Kier alpha value is -1.26. The molecule has 0 bridgehead atoms. The molecular formula is C14H15BrClN3. The van der Waals surface area contributed by atoms with E-state index >= 15 is 0 Å². The van der Waals surface area contributed by atoms with Gasteiger partial charge < -0.3 is 10.2 Å². The standard InChI is InChI=1S/C14H15BrClN3/c1-19(2)12-5-3-10(4-6-12)8-17-11-7-13(15)14(16)18-9-11/h3-7,9,17H,8H2,1-2H3. The van der Waals surface area contributed by atoms with Crippen LogP contribution in [-0.2, 0) is 6.54 Å². The Morgan fingerprint density at radius 2 is 1.95 bits per heavy atom. The Labute approximate surface area is 126 Å². The SMILES string of the molecule is CN(C)c1ccc(CNc2cnc(Cl)c(Br)c2)cc1. The maximum absolute atomic E-state index is 5.85. The summed E-state index contributed by atoms with van der Waals surface area (Å²) in [6, 6.07) is 10.4. The molecular weight excluding hydrogens is 326 g/mol. The van der Waals surface area contributed by atoms with Crippen molar-refractivity contribution in [2.75, 3.05) is 24.3 Å². The molecule has 0 aliphatic carbocycles. The van der Waals surface area contributed by atoms with Crippen molar-refractivity contribution < 1.29 is 0 Å². The Bertz CT molecular complexity index is 555. The summed E-state index contributed by atoms with van der Waals surface area (Å²) in [5.74, 6) is 0.